The fraction of sp³-hybridized carbons (Fsp3) is 0.353. The van der Waals surface area contributed by atoms with E-state index >= 15 is 0 Å². The Morgan fingerprint density at radius 1 is 1.42 bits per heavy atom. The Labute approximate surface area is 144 Å². The zero-order valence-electron chi connectivity index (χ0n) is 13.9. The predicted molar refractivity (Wildman–Crippen MR) is 95.8 cm³/mol. The van der Waals surface area contributed by atoms with Gasteiger partial charge in [0.05, 0.1) is 11.3 Å². The maximum Gasteiger partial charge on any atom is 0.258 e. The largest absolute Gasteiger partial charge is 0.493 e. The van der Waals surface area contributed by atoms with Crippen LogP contribution in [0.15, 0.2) is 34.2 Å². The molecule has 1 heterocycles. The van der Waals surface area contributed by atoms with Crippen LogP contribution < -0.4 is 10.9 Å². The molecule has 1 aromatic heterocycles. The summed E-state index contributed by atoms with van der Waals surface area (Å²) < 4.78 is 0. The Bertz CT molecular complexity index is 789. The van der Waals surface area contributed by atoms with Crippen molar-refractivity contribution in [2.75, 3.05) is 11.1 Å². The molecule has 0 aliphatic carbocycles. The summed E-state index contributed by atoms with van der Waals surface area (Å²) in [5, 5.41) is 13.0. The smallest absolute Gasteiger partial charge is 0.258 e. The van der Waals surface area contributed by atoms with Gasteiger partial charge in [-0.05, 0) is 30.9 Å². The van der Waals surface area contributed by atoms with Crippen molar-refractivity contribution in [1.82, 2.24) is 9.97 Å². The third-order valence-electron chi connectivity index (χ3n) is 3.78. The number of aromatic hydroxyl groups is 1. The molecule has 3 N–H and O–H groups in total. The summed E-state index contributed by atoms with van der Waals surface area (Å²) in [5.74, 6) is -0.471. The van der Waals surface area contributed by atoms with Gasteiger partial charge in [-0.1, -0.05) is 43.8 Å². The molecule has 0 saturated heterocycles. The molecule has 0 fully saturated rings. The van der Waals surface area contributed by atoms with Gasteiger partial charge in [0.25, 0.3) is 5.56 Å². The highest BCUT2D eigenvalue weighted by molar-refractivity contribution is 7.99. The van der Waals surface area contributed by atoms with Crippen molar-refractivity contribution in [3.63, 3.8) is 0 Å². The lowest BCUT2D eigenvalue weighted by atomic mass is 10.0. The van der Waals surface area contributed by atoms with Gasteiger partial charge in [-0.3, -0.25) is 9.59 Å². The van der Waals surface area contributed by atoms with Crippen molar-refractivity contribution < 1.29 is 9.90 Å². The molecule has 0 spiro atoms. The fourth-order valence-corrected chi connectivity index (χ4v) is 2.86. The molecule has 7 heteroatoms. The molecular weight excluding hydrogens is 326 g/mol. The van der Waals surface area contributed by atoms with E-state index in [1.165, 1.54) is 0 Å². The van der Waals surface area contributed by atoms with E-state index in [2.05, 4.69) is 15.3 Å². The standard InChI is InChI=1S/C17H21N3O3S/c1-4-10(2)14-15(22)19-17(20-16(14)23)24-9-13(21)18-12-8-6-5-7-11(12)3/h5-8,10H,4,9H2,1-3H3,(H,18,21)(H2,19,20,22,23)/t10-/m1/s1. The Balaban J connectivity index is 2.03. The number of nitrogens with zero attached hydrogens (tertiary/aromatic N) is 1. The van der Waals surface area contributed by atoms with Crippen LogP contribution in [0.5, 0.6) is 5.88 Å². The van der Waals surface area contributed by atoms with E-state index in [4.69, 9.17) is 0 Å². The number of benzene rings is 1. The van der Waals surface area contributed by atoms with Crippen LogP contribution in [-0.4, -0.2) is 26.7 Å². The zero-order valence-corrected chi connectivity index (χ0v) is 14.7. The monoisotopic (exact) mass is 347 g/mol. The molecule has 0 aliphatic rings. The summed E-state index contributed by atoms with van der Waals surface area (Å²) in [4.78, 5) is 30.7. The summed E-state index contributed by atoms with van der Waals surface area (Å²) in [6, 6.07) is 7.48. The average Bonchev–Trinajstić information content (AvgIpc) is 2.54. The van der Waals surface area contributed by atoms with Crippen LogP contribution in [0.4, 0.5) is 5.69 Å². The van der Waals surface area contributed by atoms with E-state index in [0.29, 0.717) is 0 Å². The summed E-state index contributed by atoms with van der Waals surface area (Å²) in [5.41, 5.74) is 1.64. The maximum absolute atomic E-state index is 12.1. The molecule has 2 rings (SSSR count). The first-order valence-electron chi connectivity index (χ1n) is 7.73. The van der Waals surface area contributed by atoms with Gasteiger partial charge in [0.1, 0.15) is 0 Å². The molecule has 1 aromatic carbocycles. The second kappa shape index (κ2) is 8.01. The first kappa shape index (κ1) is 18.1. The number of hydrogen-bond donors (Lipinski definition) is 3. The van der Waals surface area contributed by atoms with E-state index in [9.17, 15) is 14.7 Å². The second-order valence-electron chi connectivity index (χ2n) is 5.57. The van der Waals surface area contributed by atoms with Gasteiger partial charge in [0.2, 0.25) is 11.8 Å². The van der Waals surface area contributed by atoms with E-state index in [0.717, 1.165) is 29.4 Å². The molecule has 0 unspecified atom stereocenters. The number of aromatic amines is 1. The molecule has 0 bridgehead atoms. The summed E-state index contributed by atoms with van der Waals surface area (Å²) in [6.45, 7) is 5.70. The van der Waals surface area contributed by atoms with Gasteiger partial charge >= 0.3 is 0 Å². The number of aryl methyl sites for hydroxylation is 1. The van der Waals surface area contributed by atoms with Gasteiger partial charge in [-0.15, -0.1) is 0 Å². The Morgan fingerprint density at radius 2 is 2.12 bits per heavy atom. The van der Waals surface area contributed by atoms with Gasteiger partial charge in [0.15, 0.2) is 5.16 Å². The average molecular weight is 347 g/mol. The first-order chi connectivity index (χ1) is 11.4. The van der Waals surface area contributed by atoms with Crippen LogP contribution in [0, 0.1) is 6.92 Å². The number of hydrogen-bond acceptors (Lipinski definition) is 5. The van der Waals surface area contributed by atoms with Crippen LogP contribution in [-0.2, 0) is 4.79 Å². The van der Waals surface area contributed by atoms with E-state index in [-0.39, 0.29) is 39.7 Å². The Hall–Kier alpha value is -2.28. The minimum Gasteiger partial charge on any atom is -0.493 e. The normalized spacial score (nSPS) is 12.0. The van der Waals surface area contributed by atoms with Crippen LogP contribution in [0.2, 0.25) is 0 Å². The highest BCUT2D eigenvalue weighted by Gasteiger charge is 2.17. The van der Waals surface area contributed by atoms with E-state index < -0.39 is 0 Å². The summed E-state index contributed by atoms with van der Waals surface area (Å²) in [6.07, 6.45) is 0.726. The molecule has 128 valence electrons. The highest BCUT2D eigenvalue weighted by atomic mass is 32.2. The number of para-hydroxylation sites is 1. The van der Waals surface area contributed by atoms with Crippen molar-refractivity contribution in [2.45, 2.75) is 38.3 Å². The van der Waals surface area contributed by atoms with Crippen LogP contribution in [0.1, 0.15) is 37.3 Å². The quantitative estimate of drug-likeness (QED) is 0.551. The Morgan fingerprint density at radius 3 is 2.75 bits per heavy atom. The van der Waals surface area contributed by atoms with Gasteiger partial charge in [-0.25, -0.2) is 0 Å². The number of anilines is 1. The van der Waals surface area contributed by atoms with Gasteiger partial charge < -0.3 is 15.4 Å². The van der Waals surface area contributed by atoms with E-state index in [1.54, 1.807) is 0 Å². The van der Waals surface area contributed by atoms with Gasteiger partial charge in [-0.2, -0.15) is 4.98 Å². The molecule has 6 nitrogen and oxygen atoms in total. The maximum atomic E-state index is 12.1. The number of nitrogens with one attached hydrogen (secondary N) is 2. The number of rotatable bonds is 6. The SMILES string of the molecule is CC[C@@H](C)c1c(O)nc(SCC(=O)Nc2ccccc2C)[nH]c1=O. The van der Waals surface area contributed by atoms with Crippen LogP contribution in [0.3, 0.4) is 0 Å². The number of aromatic nitrogens is 2. The molecule has 1 atom stereocenters. The zero-order chi connectivity index (χ0) is 17.7. The molecule has 0 radical (unpaired) electrons. The lowest BCUT2D eigenvalue weighted by Crippen LogP contribution is -2.18. The molecule has 0 aliphatic heterocycles. The number of carbonyl (C=O) groups excluding carboxylic acids is 1. The minimum absolute atomic E-state index is 0.0790. The van der Waals surface area contributed by atoms with Gasteiger partial charge in [0, 0.05) is 5.69 Å². The van der Waals surface area contributed by atoms with Crippen molar-refractivity contribution in [2.24, 2.45) is 0 Å². The second-order valence-corrected chi connectivity index (χ2v) is 6.53. The minimum atomic E-state index is -0.362. The van der Waals surface area contributed by atoms with Crippen molar-refractivity contribution in [3.8, 4) is 5.88 Å². The highest BCUT2D eigenvalue weighted by Crippen LogP contribution is 2.24. The van der Waals surface area contributed by atoms with Crippen molar-refractivity contribution in [1.29, 1.82) is 0 Å². The lowest BCUT2D eigenvalue weighted by Gasteiger charge is -2.10. The number of amides is 1. The number of H-pyrrole nitrogens is 1. The first-order valence-corrected chi connectivity index (χ1v) is 8.72. The molecule has 24 heavy (non-hydrogen) atoms. The number of carbonyl (C=O) groups is 1. The Kier molecular flexibility index (Phi) is 6.03. The lowest BCUT2D eigenvalue weighted by molar-refractivity contribution is -0.113. The van der Waals surface area contributed by atoms with Crippen molar-refractivity contribution >= 4 is 23.4 Å². The third-order valence-corrected chi connectivity index (χ3v) is 4.65. The fourth-order valence-electron chi connectivity index (χ4n) is 2.20. The van der Waals surface area contributed by atoms with E-state index in [1.807, 2.05) is 45.0 Å². The summed E-state index contributed by atoms with van der Waals surface area (Å²) >= 11 is 1.07. The summed E-state index contributed by atoms with van der Waals surface area (Å²) in [7, 11) is 0. The van der Waals surface area contributed by atoms with Crippen molar-refractivity contribution in [3.05, 3.63) is 45.7 Å². The van der Waals surface area contributed by atoms with Crippen LogP contribution in [0.25, 0.3) is 0 Å². The third kappa shape index (κ3) is 4.38. The van der Waals surface area contributed by atoms with Crippen LogP contribution >= 0.6 is 11.8 Å². The molecule has 2 aromatic rings. The predicted octanol–water partition coefficient (Wildman–Crippen LogP) is 3.03. The number of thioether (sulfide) groups is 1. The topological polar surface area (TPSA) is 95.1 Å². The molecular formula is C17H21N3O3S. The molecule has 1 amide bonds. The molecule has 0 saturated carbocycles.